The third-order valence-electron chi connectivity index (χ3n) is 3.37. The zero-order valence-electron chi connectivity index (χ0n) is 13.1. The van der Waals surface area contributed by atoms with E-state index >= 15 is 0 Å². The second-order valence-electron chi connectivity index (χ2n) is 5.12. The van der Waals surface area contributed by atoms with E-state index in [-0.39, 0.29) is 5.91 Å². The van der Waals surface area contributed by atoms with Crippen LogP contribution in [0, 0.1) is 0 Å². The van der Waals surface area contributed by atoms with Crippen LogP contribution in [0.1, 0.15) is 16.1 Å². The topological polar surface area (TPSA) is 54.9 Å². The first kappa shape index (κ1) is 16.2. The molecule has 2 heterocycles. The average molecular weight is 335 g/mol. The van der Waals surface area contributed by atoms with Gasteiger partial charge >= 0.3 is 0 Å². The normalized spacial score (nSPS) is 10.3. The lowest BCUT2D eigenvalue weighted by Gasteiger charge is -2.06. The van der Waals surface area contributed by atoms with E-state index in [0.717, 1.165) is 22.0 Å². The Kier molecular flexibility index (Phi) is 5.58. The van der Waals surface area contributed by atoms with E-state index in [4.69, 9.17) is 0 Å². The number of aromatic nitrogens is 2. The number of nitrogens with zero attached hydrogens (tertiary/aromatic N) is 2. The molecule has 0 aliphatic heterocycles. The summed E-state index contributed by atoms with van der Waals surface area (Å²) in [5, 5.41) is 3.85. The van der Waals surface area contributed by atoms with Gasteiger partial charge in [-0.2, -0.15) is 0 Å². The maximum Gasteiger partial charge on any atom is 0.251 e. The van der Waals surface area contributed by atoms with Gasteiger partial charge in [-0.25, -0.2) is 4.98 Å². The number of carbonyl (C=O) groups is 1. The lowest BCUT2D eigenvalue weighted by Crippen LogP contribution is -2.25. The summed E-state index contributed by atoms with van der Waals surface area (Å²) in [5.41, 5.74) is 1.63. The molecule has 4 nitrogen and oxygen atoms in total. The zero-order chi connectivity index (χ0) is 16.6. The van der Waals surface area contributed by atoms with Crippen LogP contribution in [0.4, 0.5) is 0 Å². The van der Waals surface area contributed by atoms with Gasteiger partial charge in [0.05, 0.1) is 0 Å². The van der Waals surface area contributed by atoms with Gasteiger partial charge in [0, 0.05) is 41.5 Å². The molecule has 120 valence electrons. The Morgan fingerprint density at radius 2 is 1.67 bits per heavy atom. The van der Waals surface area contributed by atoms with Gasteiger partial charge in [-0.05, 0) is 48.5 Å². The molecular formula is C19H17N3OS. The molecule has 0 aliphatic carbocycles. The minimum Gasteiger partial charge on any atom is -0.352 e. The van der Waals surface area contributed by atoms with Crippen LogP contribution < -0.4 is 5.32 Å². The first-order valence-corrected chi connectivity index (χ1v) is 8.50. The highest BCUT2D eigenvalue weighted by Gasteiger charge is 2.06. The van der Waals surface area contributed by atoms with E-state index < -0.39 is 0 Å². The fourth-order valence-electron chi connectivity index (χ4n) is 2.15. The van der Waals surface area contributed by atoms with E-state index in [2.05, 4.69) is 15.3 Å². The molecule has 5 heteroatoms. The number of amides is 1. The van der Waals surface area contributed by atoms with Crippen LogP contribution in [0.15, 0.2) is 83.0 Å². The van der Waals surface area contributed by atoms with Crippen LogP contribution >= 0.6 is 11.8 Å². The predicted molar refractivity (Wildman–Crippen MR) is 95.1 cm³/mol. The fraction of sp³-hybridized carbons (Fsp3) is 0.105. The van der Waals surface area contributed by atoms with Crippen molar-refractivity contribution in [3.8, 4) is 0 Å². The van der Waals surface area contributed by atoms with E-state index in [1.807, 2.05) is 60.7 Å². The van der Waals surface area contributed by atoms with Gasteiger partial charge in [0.1, 0.15) is 5.03 Å². The summed E-state index contributed by atoms with van der Waals surface area (Å²) in [6, 6.07) is 19.1. The van der Waals surface area contributed by atoms with Crippen molar-refractivity contribution in [2.45, 2.75) is 16.3 Å². The second kappa shape index (κ2) is 8.26. The van der Waals surface area contributed by atoms with Gasteiger partial charge in [-0.3, -0.25) is 9.78 Å². The lowest BCUT2D eigenvalue weighted by atomic mass is 10.2. The Labute approximate surface area is 145 Å². The summed E-state index contributed by atoms with van der Waals surface area (Å²) in [7, 11) is 0. The third kappa shape index (κ3) is 4.67. The maximum atomic E-state index is 12.2. The SMILES string of the molecule is O=C(NCCc1ccccn1)c1ccc(Sc2ccccn2)cc1. The molecule has 1 N–H and O–H groups in total. The zero-order valence-corrected chi connectivity index (χ0v) is 13.9. The van der Waals surface area contributed by atoms with Crippen LogP contribution in [0.5, 0.6) is 0 Å². The predicted octanol–water partition coefficient (Wildman–Crippen LogP) is 3.60. The molecule has 1 aromatic carbocycles. The van der Waals surface area contributed by atoms with Crippen molar-refractivity contribution < 1.29 is 4.79 Å². The number of nitrogens with one attached hydrogen (secondary N) is 1. The van der Waals surface area contributed by atoms with E-state index in [1.54, 1.807) is 24.2 Å². The van der Waals surface area contributed by atoms with Crippen LogP contribution in [0.2, 0.25) is 0 Å². The molecule has 3 aromatic rings. The van der Waals surface area contributed by atoms with Gasteiger partial charge in [0.25, 0.3) is 5.91 Å². The third-order valence-corrected chi connectivity index (χ3v) is 4.33. The monoisotopic (exact) mass is 335 g/mol. The summed E-state index contributed by atoms with van der Waals surface area (Å²) in [4.78, 5) is 21.7. The lowest BCUT2D eigenvalue weighted by molar-refractivity contribution is 0.0954. The van der Waals surface area contributed by atoms with Gasteiger partial charge in [-0.15, -0.1) is 0 Å². The second-order valence-corrected chi connectivity index (χ2v) is 6.22. The summed E-state index contributed by atoms with van der Waals surface area (Å²) < 4.78 is 0. The number of hydrogen-bond acceptors (Lipinski definition) is 4. The maximum absolute atomic E-state index is 12.2. The summed E-state index contributed by atoms with van der Waals surface area (Å²) >= 11 is 1.57. The fourth-order valence-corrected chi connectivity index (χ4v) is 2.93. The van der Waals surface area contributed by atoms with Crippen molar-refractivity contribution >= 4 is 17.7 Å². The highest BCUT2D eigenvalue weighted by Crippen LogP contribution is 2.25. The minimum atomic E-state index is -0.0692. The number of carbonyl (C=O) groups excluding carboxylic acids is 1. The molecule has 0 saturated carbocycles. The standard InChI is InChI=1S/C19H17N3OS/c23-19(22-14-11-16-5-1-3-12-20-16)15-7-9-17(10-8-15)24-18-6-2-4-13-21-18/h1-10,12-13H,11,14H2,(H,22,23). The Hall–Kier alpha value is -2.66. The van der Waals surface area contributed by atoms with Crippen molar-refractivity contribution in [2.75, 3.05) is 6.54 Å². The molecule has 2 aromatic heterocycles. The number of hydrogen-bond donors (Lipinski definition) is 1. The van der Waals surface area contributed by atoms with Crippen LogP contribution in [-0.4, -0.2) is 22.4 Å². The highest BCUT2D eigenvalue weighted by molar-refractivity contribution is 7.99. The first-order chi connectivity index (χ1) is 11.8. The molecule has 0 saturated heterocycles. The largest absolute Gasteiger partial charge is 0.352 e. The molecular weight excluding hydrogens is 318 g/mol. The van der Waals surface area contributed by atoms with E-state index in [0.29, 0.717) is 12.1 Å². The van der Waals surface area contributed by atoms with Crippen LogP contribution in [0.3, 0.4) is 0 Å². The molecule has 3 rings (SSSR count). The Balaban J connectivity index is 1.52. The summed E-state index contributed by atoms with van der Waals surface area (Å²) in [6.45, 7) is 0.570. The van der Waals surface area contributed by atoms with Crippen molar-refractivity contribution in [2.24, 2.45) is 0 Å². The van der Waals surface area contributed by atoms with Crippen molar-refractivity contribution in [3.63, 3.8) is 0 Å². The van der Waals surface area contributed by atoms with Gasteiger partial charge in [0.15, 0.2) is 0 Å². The van der Waals surface area contributed by atoms with Gasteiger partial charge in [-0.1, -0.05) is 23.9 Å². The van der Waals surface area contributed by atoms with Crippen LogP contribution in [0.25, 0.3) is 0 Å². The molecule has 24 heavy (non-hydrogen) atoms. The molecule has 1 amide bonds. The Bertz CT molecular complexity index is 777. The summed E-state index contributed by atoms with van der Waals surface area (Å²) in [6.07, 6.45) is 4.25. The Morgan fingerprint density at radius 1 is 0.917 bits per heavy atom. The molecule has 0 fully saturated rings. The smallest absolute Gasteiger partial charge is 0.251 e. The minimum absolute atomic E-state index is 0.0692. The quantitative estimate of drug-likeness (QED) is 0.748. The van der Waals surface area contributed by atoms with Gasteiger partial charge in [0.2, 0.25) is 0 Å². The molecule has 0 atom stereocenters. The molecule has 0 spiro atoms. The van der Waals surface area contributed by atoms with E-state index in [9.17, 15) is 4.79 Å². The first-order valence-electron chi connectivity index (χ1n) is 7.68. The highest BCUT2D eigenvalue weighted by atomic mass is 32.2. The molecule has 0 radical (unpaired) electrons. The van der Waals surface area contributed by atoms with Crippen molar-refractivity contribution in [1.82, 2.24) is 15.3 Å². The van der Waals surface area contributed by atoms with E-state index in [1.165, 1.54) is 0 Å². The van der Waals surface area contributed by atoms with Gasteiger partial charge < -0.3 is 5.32 Å². The Morgan fingerprint density at radius 3 is 2.33 bits per heavy atom. The van der Waals surface area contributed by atoms with Crippen molar-refractivity contribution in [3.05, 3.63) is 84.3 Å². The average Bonchev–Trinajstić information content (AvgIpc) is 2.64. The molecule has 0 bridgehead atoms. The summed E-state index contributed by atoms with van der Waals surface area (Å²) in [5.74, 6) is -0.0692. The number of pyridine rings is 2. The molecule has 0 aliphatic rings. The van der Waals surface area contributed by atoms with Crippen LogP contribution in [-0.2, 0) is 6.42 Å². The number of benzene rings is 1. The van der Waals surface area contributed by atoms with Crippen molar-refractivity contribution in [1.29, 1.82) is 0 Å². The molecule has 0 unspecified atom stereocenters. The number of rotatable bonds is 6.